The standard InChI is InChI=1S/C31H27N2O/c1-20-10-16-25-26-17-15-24(19-32)29(23-13-11-22(12-14-23)21-7-3-4-8-21)31(26)34-30(25)28(20)27-9-5-6-18-33(27)2/h5-6,9-18,21H,3-4,7-8H2,1-2H3/q+1. The largest absolute Gasteiger partial charge is 0.454 e. The van der Waals surface area contributed by atoms with Crippen LogP contribution >= 0.6 is 0 Å². The van der Waals surface area contributed by atoms with Gasteiger partial charge >= 0.3 is 0 Å². The third-order valence-corrected chi connectivity index (χ3v) is 7.48. The van der Waals surface area contributed by atoms with E-state index in [1.165, 1.54) is 31.2 Å². The summed E-state index contributed by atoms with van der Waals surface area (Å²) in [5.74, 6) is 0.670. The van der Waals surface area contributed by atoms with Crippen molar-refractivity contribution in [3.63, 3.8) is 0 Å². The molecule has 0 bridgehead atoms. The molecule has 0 atom stereocenters. The van der Waals surface area contributed by atoms with Gasteiger partial charge in [0.1, 0.15) is 18.2 Å². The Kier molecular flexibility index (Phi) is 4.96. The second kappa shape index (κ2) is 8.15. The van der Waals surface area contributed by atoms with E-state index in [1.54, 1.807) is 0 Å². The summed E-state index contributed by atoms with van der Waals surface area (Å²) in [6.07, 6.45) is 7.26. The molecule has 166 valence electrons. The predicted octanol–water partition coefficient (Wildman–Crippen LogP) is 7.58. The molecule has 6 rings (SSSR count). The number of nitriles is 1. The van der Waals surface area contributed by atoms with E-state index in [0.717, 1.165) is 49.9 Å². The highest BCUT2D eigenvalue weighted by molar-refractivity contribution is 6.13. The lowest BCUT2D eigenvalue weighted by Crippen LogP contribution is -2.30. The molecule has 1 aliphatic carbocycles. The highest BCUT2D eigenvalue weighted by Crippen LogP contribution is 2.42. The highest BCUT2D eigenvalue weighted by Gasteiger charge is 2.23. The summed E-state index contributed by atoms with van der Waals surface area (Å²) in [7, 11) is 2.06. The normalized spacial score (nSPS) is 14.1. The first kappa shape index (κ1) is 20.7. The third-order valence-electron chi connectivity index (χ3n) is 7.48. The van der Waals surface area contributed by atoms with Gasteiger partial charge in [0, 0.05) is 28.5 Å². The molecular formula is C31H27N2O+. The van der Waals surface area contributed by atoms with E-state index in [9.17, 15) is 5.26 Å². The van der Waals surface area contributed by atoms with Crippen molar-refractivity contribution >= 4 is 21.9 Å². The summed E-state index contributed by atoms with van der Waals surface area (Å²) in [6.45, 7) is 2.12. The molecule has 0 aliphatic heterocycles. The second-order valence-corrected chi connectivity index (χ2v) is 9.51. The summed E-state index contributed by atoms with van der Waals surface area (Å²) in [4.78, 5) is 0. The van der Waals surface area contributed by atoms with Gasteiger partial charge in [-0.15, -0.1) is 0 Å². The van der Waals surface area contributed by atoms with Crippen molar-refractivity contribution in [1.82, 2.24) is 0 Å². The third kappa shape index (κ3) is 3.22. The quantitative estimate of drug-likeness (QED) is 0.270. The van der Waals surface area contributed by atoms with E-state index in [2.05, 4.69) is 79.3 Å². The molecule has 0 amide bonds. The fraction of sp³-hybridized carbons (Fsp3) is 0.226. The number of aromatic nitrogens is 1. The number of aryl methyl sites for hydroxylation is 2. The molecule has 1 aliphatic rings. The molecule has 5 aromatic rings. The topological polar surface area (TPSA) is 40.8 Å². The molecule has 0 spiro atoms. The van der Waals surface area contributed by atoms with E-state index in [4.69, 9.17) is 4.42 Å². The lowest BCUT2D eigenvalue weighted by Gasteiger charge is -2.11. The molecule has 0 N–H and O–H groups in total. The van der Waals surface area contributed by atoms with Crippen LogP contribution in [0.25, 0.3) is 44.3 Å². The first-order valence-corrected chi connectivity index (χ1v) is 12.1. The van der Waals surface area contributed by atoms with Crippen molar-refractivity contribution < 1.29 is 8.98 Å². The molecule has 3 aromatic carbocycles. The average Bonchev–Trinajstić information content (AvgIpc) is 3.52. The van der Waals surface area contributed by atoms with Crippen LogP contribution in [0.1, 0.15) is 48.3 Å². The Morgan fingerprint density at radius 2 is 1.56 bits per heavy atom. The summed E-state index contributed by atoms with van der Waals surface area (Å²) >= 11 is 0. The van der Waals surface area contributed by atoms with Crippen molar-refractivity contribution in [1.29, 1.82) is 5.26 Å². The molecule has 0 saturated heterocycles. The molecule has 2 aromatic heterocycles. The first-order valence-electron chi connectivity index (χ1n) is 12.1. The van der Waals surface area contributed by atoms with Crippen molar-refractivity contribution in [2.45, 2.75) is 38.5 Å². The summed E-state index contributed by atoms with van der Waals surface area (Å²) in [6, 6.07) is 25.7. The van der Waals surface area contributed by atoms with Crippen molar-refractivity contribution in [2.75, 3.05) is 0 Å². The van der Waals surface area contributed by atoms with Gasteiger partial charge in [-0.3, -0.25) is 0 Å². The van der Waals surface area contributed by atoms with Gasteiger partial charge in [-0.25, -0.2) is 4.57 Å². The Morgan fingerprint density at radius 3 is 2.26 bits per heavy atom. The summed E-state index contributed by atoms with van der Waals surface area (Å²) in [5, 5.41) is 12.1. The molecule has 3 heteroatoms. The molecule has 2 heterocycles. The van der Waals surface area contributed by atoms with Crippen molar-refractivity contribution in [2.24, 2.45) is 7.05 Å². The average molecular weight is 444 g/mol. The van der Waals surface area contributed by atoms with E-state index in [0.29, 0.717) is 11.5 Å². The Morgan fingerprint density at radius 1 is 0.853 bits per heavy atom. The number of benzene rings is 3. The fourth-order valence-corrected chi connectivity index (χ4v) is 5.66. The van der Waals surface area contributed by atoms with E-state index in [-0.39, 0.29) is 0 Å². The maximum absolute atomic E-state index is 9.96. The van der Waals surface area contributed by atoms with Crippen LogP contribution in [-0.2, 0) is 7.05 Å². The molecule has 34 heavy (non-hydrogen) atoms. The number of nitrogens with zero attached hydrogens (tertiary/aromatic N) is 2. The highest BCUT2D eigenvalue weighted by atomic mass is 16.3. The van der Waals surface area contributed by atoms with E-state index >= 15 is 0 Å². The van der Waals surface area contributed by atoms with Gasteiger partial charge in [-0.1, -0.05) is 49.2 Å². The van der Waals surface area contributed by atoms with Crippen LogP contribution in [-0.4, -0.2) is 0 Å². The van der Waals surface area contributed by atoms with Gasteiger partial charge in [0.25, 0.3) is 0 Å². The van der Waals surface area contributed by atoms with Gasteiger partial charge < -0.3 is 4.42 Å². The first-order chi connectivity index (χ1) is 16.7. The SMILES string of the molecule is Cc1ccc2c(oc3c(-c4ccc(C5CCCC5)cc4)c(C#N)ccc32)c1-c1cccc[n+]1C. The Balaban J connectivity index is 1.60. The van der Waals surface area contributed by atoms with Gasteiger partial charge in [0.15, 0.2) is 6.20 Å². The lowest BCUT2D eigenvalue weighted by molar-refractivity contribution is -0.660. The number of rotatable bonds is 3. The zero-order valence-corrected chi connectivity index (χ0v) is 19.6. The number of furan rings is 1. The number of hydrogen-bond acceptors (Lipinski definition) is 2. The van der Waals surface area contributed by atoms with E-state index < -0.39 is 0 Å². The maximum Gasteiger partial charge on any atom is 0.216 e. The fourth-order valence-electron chi connectivity index (χ4n) is 5.66. The zero-order chi connectivity index (χ0) is 23.2. The van der Waals surface area contributed by atoms with Gasteiger partial charge in [-0.2, -0.15) is 5.26 Å². The number of hydrogen-bond donors (Lipinski definition) is 0. The molecule has 3 nitrogen and oxygen atoms in total. The van der Waals surface area contributed by atoms with Crippen LogP contribution in [0, 0.1) is 18.3 Å². The van der Waals surface area contributed by atoms with Gasteiger partial charge in [0.2, 0.25) is 5.69 Å². The zero-order valence-electron chi connectivity index (χ0n) is 19.6. The smallest absolute Gasteiger partial charge is 0.216 e. The molecular weight excluding hydrogens is 416 g/mol. The molecule has 1 saturated carbocycles. The van der Waals surface area contributed by atoms with Gasteiger partial charge in [-0.05, 0) is 60.6 Å². The van der Waals surface area contributed by atoms with Crippen LogP contribution in [0.2, 0.25) is 0 Å². The Bertz CT molecular complexity index is 1580. The van der Waals surface area contributed by atoms with Crippen molar-refractivity contribution in [3.8, 4) is 28.5 Å². The van der Waals surface area contributed by atoms with Crippen LogP contribution in [0.3, 0.4) is 0 Å². The minimum Gasteiger partial charge on any atom is -0.454 e. The minimum atomic E-state index is 0.642. The van der Waals surface area contributed by atoms with Crippen LogP contribution in [0.15, 0.2) is 77.3 Å². The van der Waals surface area contributed by atoms with E-state index in [1.807, 2.05) is 18.2 Å². The predicted molar refractivity (Wildman–Crippen MR) is 136 cm³/mol. The van der Waals surface area contributed by atoms with Gasteiger partial charge in [0.05, 0.1) is 17.2 Å². The molecule has 0 radical (unpaired) electrons. The number of pyridine rings is 1. The van der Waals surface area contributed by atoms with Crippen LogP contribution < -0.4 is 4.57 Å². The van der Waals surface area contributed by atoms with Crippen LogP contribution in [0.5, 0.6) is 0 Å². The molecule has 0 unspecified atom stereocenters. The second-order valence-electron chi connectivity index (χ2n) is 9.51. The monoisotopic (exact) mass is 443 g/mol. The molecule has 1 fully saturated rings. The Hall–Kier alpha value is -3.90. The maximum atomic E-state index is 9.96. The van der Waals surface area contributed by atoms with Crippen molar-refractivity contribution in [3.05, 3.63) is 89.6 Å². The van der Waals surface area contributed by atoms with Crippen LogP contribution in [0.4, 0.5) is 0 Å². The lowest BCUT2D eigenvalue weighted by atomic mass is 9.92. The number of fused-ring (bicyclic) bond motifs is 3. The Labute approximate surface area is 199 Å². The summed E-state index contributed by atoms with van der Waals surface area (Å²) in [5.41, 5.74) is 8.99. The minimum absolute atomic E-state index is 0.642. The summed E-state index contributed by atoms with van der Waals surface area (Å²) < 4.78 is 8.79.